The van der Waals surface area contributed by atoms with Crippen molar-refractivity contribution in [2.24, 2.45) is 5.92 Å². The predicted molar refractivity (Wildman–Crippen MR) is 164 cm³/mol. The molecule has 4 atom stereocenters. The van der Waals surface area contributed by atoms with E-state index in [9.17, 15) is 19.5 Å². The number of fused-ring (bicyclic) bond motifs is 1. The highest BCUT2D eigenvalue weighted by Crippen LogP contribution is 2.35. The zero-order valence-electron chi connectivity index (χ0n) is 23.3. The molecule has 1 heterocycles. The number of methoxy groups -OCH3 is 1. The first-order valence-electron chi connectivity index (χ1n) is 14.1. The van der Waals surface area contributed by atoms with Gasteiger partial charge >= 0.3 is 12.0 Å². The van der Waals surface area contributed by atoms with Gasteiger partial charge in [0, 0.05) is 16.9 Å². The highest BCUT2D eigenvalue weighted by atomic mass is 79.9. The van der Waals surface area contributed by atoms with Gasteiger partial charge in [-0.3, -0.25) is 4.79 Å². The van der Waals surface area contributed by atoms with Gasteiger partial charge < -0.3 is 30.5 Å². The molecule has 1 saturated carbocycles. The van der Waals surface area contributed by atoms with Crippen molar-refractivity contribution in [3.63, 3.8) is 0 Å². The summed E-state index contributed by atoms with van der Waals surface area (Å²) >= 11 is 3.42. The number of amides is 2. The van der Waals surface area contributed by atoms with E-state index in [0.29, 0.717) is 34.8 Å². The Hall–Kier alpha value is -3.89. The number of carbonyl (C=O) groups excluding carboxylic acids is 2. The number of rotatable bonds is 10. The van der Waals surface area contributed by atoms with Crippen LogP contribution in [-0.2, 0) is 11.2 Å². The molecule has 9 nitrogen and oxygen atoms in total. The number of anilines is 2. The molecular weight excluding hydrogens is 602 g/mol. The molecule has 0 radical (unpaired) electrons. The van der Waals surface area contributed by atoms with E-state index in [1.165, 1.54) is 32.1 Å². The number of carbonyl (C=O) groups is 3. The summed E-state index contributed by atoms with van der Waals surface area (Å²) in [5.41, 5.74) is 1.96. The van der Waals surface area contributed by atoms with Crippen molar-refractivity contribution in [2.75, 3.05) is 17.7 Å². The average Bonchev–Trinajstić information content (AvgIpc) is 3.42. The quantitative estimate of drug-likeness (QED) is 0.206. The molecule has 4 N–H and O–H groups in total. The van der Waals surface area contributed by atoms with Crippen LogP contribution in [0, 0.1) is 5.92 Å². The Bertz CT molecular complexity index is 1430. The molecule has 0 spiro atoms. The topological polar surface area (TPSA) is 126 Å². The fourth-order valence-electron chi connectivity index (χ4n) is 5.87. The summed E-state index contributed by atoms with van der Waals surface area (Å²) in [6.07, 6.45) is 4.83. The number of benzene rings is 3. The Morgan fingerprint density at radius 1 is 1.00 bits per heavy atom. The molecule has 2 fully saturated rings. The van der Waals surface area contributed by atoms with E-state index in [1.807, 2.05) is 18.2 Å². The number of aromatic carboxylic acids is 1. The minimum absolute atomic E-state index is 0.0945. The van der Waals surface area contributed by atoms with Crippen molar-refractivity contribution < 1.29 is 29.0 Å². The van der Waals surface area contributed by atoms with Crippen LogP contribution in [0.2, 0.25) is 0 Å². The summed E-state index contributed by atoms with van der Waals surface area (Å²) in [6, 6.07) is 18.5. The molecule has 220 valence electrons. The molecule has 10 heteroatoms. The first-order chi connectivity index (χ1) is 20.3. The molecule has 5 rings (SSSR count). The predicted octanol–water partition coefficient (Wildman–Crippen LogP) is 6.28. The van der Waals surface area contributed by atoms with Crippen molar-refractivity contribution in [1.29, 1.82) is 0 Å². The van der Waals surface area contributed by atoms with E-state index in [4.69, 9.17) is 9.47 Å². The second kappa shape index (κ2) is 13.4. The van der Waals surface area contributed by atoms with Gasteiger partial charge in [-0.25, -0.2) is 9.59 Å². The van der Waals surface area contributed by atoms with Crippen LogP contribution in [0.1, 0.15) is 48.0 Å². The summed E-state index contributed by atoms with van der Waals surface area (Å²) < 4.78 is 12.6. The van der Waals surface area contributed by atoms with E-state index >= 15 is 0 Å². The lowest BCUT2D eigenvalue weighted by atomic mass is 9.84. The fraction of sp³-hybridized carbons (Fsp3) is 0.344. The van der Waals surface area contributed by atoms with Crippen LogP contribution in [0.15, 0.2) is 71.2 Å². The number of urea groups is 1. The molecule has 3 aromatic rings. The van der Waals surface area contributed by atoms with E-state index in [1.54, 1.807) is 36.4 Å². The van der Waals surface area contributed by atoms with Crippen molar-refractivity contribution in [2.45, 2.75) is 56.7 Å². The van der Waals surface area contributed by atoms with Gasteiger partial charge in [0.15, 0.2) is 11.9 Å². The van der Waals surface area contributed by atoms with E-state index in [0.717, 1.165) is 29.3 Å². The first-order valence-corrected chi connectivity index (χ1v) is 14.9. The van der Waals surface area contributed by atoms with Gasteiger partial charge in [-0.2, -0.15) is 0 Å². The van der Waals surface area contributed by atoms with Crippen LogP contribution < -0.4 is 25.4 Å². The Balaban J connectivity index is 1.30. The highest BCUT2D eigenvalue weighted by Gasteiger charge is 2.42. The second-order valence-electron chi connectivity index (χ2n) is 10.8. The van der Waals surface area contributed by atoms with Crippen molar-refractivity contribution in [3.8, 4) is 11.5 Å². The Labute approximate surface area is 253 Å². The number of carboxylic acids is 1. The number of ketones is 1. The SMILES string of the molecule is COc1cc(CC(=O)C(Oc2ccc(C(=O)O)cc2)[C@@H]2CC3CCCCC3N2)ccc1NC(=O)Nc1ccccc1Br. The minimum Gasteiger partial charge on any atom is -0.495 e. The van der Waals surface area contributed by atoms with E-state index in [2.05, 4.69) is 31.9 Å². The Kier molecular flexibility index (Phi) is 9.44. The minimum atomic E-state index is -1.02. The molecule has 42 heavy (non-hydrogen) atoms. The normalized spacial score (nSPS) is 20.2. The number of hydrogen-bond acceptors (Lipinski definition) is 6. The third kappa shape index (κ3) is 7.11. The zero-order chi connectivity index (χ0) is 29.6. The van der Waals surface area contributed by atoms with Crippen LogP contribution in [0.4, 0.5) is 16.2 Å². The fourth-order valence-corrected chi connectivity index (χ4v) is 6.26. The van der Waals surface area contributed by atoms with Crippen LogP contribution in [-0.4, -0.2) is 48.2 Å². The molecule has 1 aliphatic carbocycles. The van der Waals surface area contributed by atoms with Crippen LogP contribution in [0.5, 0.6) is 11.5 Å². The highest BCUT2D eigenvalue weighted by molar-refractivity contribution is 9.10. The number of carboxylic acid groups (broad SMARTS) is 1. The third-order valence-electron chi connectivity index (χ3n) is 7.96. The van der Waals surface area contributed by atoms with Crippen LogP contribution in [0.25, 0.3) is 0 Å². The second-order valence-corrected chi connectivity index (χ2v) is 11.6. The third-order valence-corrected chi connectivity index (χ3v) is 8.65. The molecule has 2 amide bonds. The summed E-state index contributed by atoms with van der Waals surface area (Å²) in [4.78, 5) is 37.7. The van der Waals surface area contributed by atoms with Gasteiger partial charge in [-0.05, 0) is 95.2 Å². The summed E-state index contributed by atoms with van der Waals surface area (Å²) in [5.74, 6) is 0.276. The maximum atomic E-state index is 13.8. The Morgan fingerprint density at radius 3 is 2.45 bits per heavy atom. The maximum absolute atomic E-state index is 13.8. The number of halogens is 1. The van der Waals surface area contributed by atoms with Gasteiger partial charge in [-0.1, -0.05) is 31.0 Å². The van der Waals surface area contributed by atoms with Crippen molar-refractivity contribution in [1.82, 2.24) is 5.32 Å². The molecule has 3 unspecified atom stereocenters. The number of Topliss-reactive ketones (excluding diaryl/α,β-unsaturated/α-hetero) is 1. The van der Waals surface area contributed by atoms with E-state index in [-0.39, 0.29) is 23.8 Å². The first kappa shape index (κ1) is 29.6. The van der Waals surface area contributed by atoms with Gasteiger partial charge in [0.2, 0.25) is 0 Å². The Morgan fingerprint density at radius 2 is 1.74 bits per heavy atom. The lowest BCUT2D eigenvalue weighted by Gasteiger charge is -2.26. The standard InChI is InChI=1S/C32H34BrN3O6/c1-41-29-17-19(10-15-26(29)36-32(40)35-25-9-5-3-7-23(25)33)16-28(37)30(27-18-21-6-2-4-8-24(21)34-27)42-22-13-11-20(12-14-22)31(38)39/h3,5,7,9-15,17,21,24,27,30,34H,2,4,6,8,16,18H2,1H3,(H,38,39)(H2,35,36,40)/t21?,24?,27-,30?/m0/s1. The van der Waals surface area contributed by atoms with Gasteiger partial charge in [0.05, 0.1) is 30.1 Å². The number of hydrogen-bond donors (Lipinski definition) is 4. The number of ether oxygens (including phenoxy) is 2. The molecule has 1 saturated heterocycles. The molecule has 0 aromatic heterocycles. The molecule has 3 aromatic carbocycles. The van der Waals surface area contributed by atoms with Crippen LogP contribution >= 0.6 is 15.9 Å². The zero-order valence-corrected chi connectivity index (χ0v) is 24.9. The van der Waals surface area contributed by atoms with E-state index < -0.39 is 18.1 Å². The lowest BCUT2D eigenvalue weighted by Crippen LogP contribution is -2.47. The molecule has 1 aliphatic heterocycles. The summed E-state index contributed by atoms with van der Waals surface area (Å²) in [7, 11) is 1.51. The maximum Gasteiger partial charge on any atom is 0.335 e. The molecule has 0 bridgehead atoms. The van der Waals surface area contributed by atoms with Gasteiger partial charge in [-0.15, -0.1) is 0 Å². The smallest absolute Gasteiger partial charge is 0.335 e. The molecular formula is C32H34BrN3O6. The molecule has 2 aliphatic rings. The summed E-state index contributed by atoms with van der Waals surface area (Å²) in [6.45, 7) is 0. The monoisotopic (exact) mass is 635 g/mol. The average molecular weight is 637 g/mol. The number of para-hydroxylation sites is 1. The largest absolute Gasteiger partial charge is 0.495 e. The lowest BCUT2D eigenvalue weighted by molar-refractivity contribution is -0.126. The van der Waals surface area contributed by atoms with Gasteiger partial charge in [0.1, 0.15) is 11.5 Å². The van der Waals surface area contributed by atoms with Crippen LogP contribution in [0.3, 0.4) is 0 Å². The van der Waals surface area contributed by atoms with Crippen molar-refractivity contribution in [3.05, 3.63) is 82.3 Å². The summed E-state index contributed by atoms with van der Waals surface area (Å²) in [5, 5.41) is 18.5. The number of nitrogens with one attached hydrogen (secondary N) is 3. The van der Waals surface area contributed by atoms with Gasteiger partial charge in [0.25, 0.3) is 0 Å². The van der Waals surface area contributed by atoms with Crippen molar-refractivity contribution >= 4 is 45.1 Å².